The van der Waals surface area contributed by atoms with Crippen LogP contribution in [0.2, 0.25) is 0 Å². The number of methoxy groups -OCH3 is 2. The van der Waals surface area contributed by atoms with Crippen molar-refractivity contribution in [2.24, 2.45) is 10.4 Å². The molecule has 8 heteroatoms. The van der Waals surface area contributed by atoms with E-state index in [9.17, 15) is 19.4 Å². The van der Waals surface area contributed by atoms with E-state index in [0.29, 0.717) is 0 Å². The second kappa shape index (κ2) is 7.07. The average molecular weight is 280 g/mol. The molecule has 0 aliphatic rings. The van der Waals surface area contributed by atoms with Gasteiger partial charge < -0.3 is 9.47 Å². The molecule has 1 aromatic carbocycles. The summed E-state index contributed by atoms with van der Waals surface area (Å²) in [7, 11) is 2.24. The van der Waals surface area contributed by atoms with Crippen LogP contribution >= 0.6 is 0 Å². The van der Waals surface area contributed by atoms with Crippen molar-refractivity contribution in [1.29, 1.82) is 0 Å². The predicted molar refractivity (Wildman–Crippen MR) is 67.5 cm³/mol. The molecule has 0 amide bonds. The maximum Gasteiger partial charge on any atom is 0.338 e. The summed E-state index contributed by atoms with van der Waals surface area (Å²) in [4.78, 5) is 44.2. The summed E-state index contributed by atoms with van der Waals surface area (Å²) < 4.78 is 8.89. The van der Waals surface area contributed by atoms with Gasteiger partial charge in [0, 0.05) is 0 Å². The largest absolute Gasteiger partial charge is 0.467 e. The predicted octanol–water partition coefficient (Wildman–Crippen LogP) is 1.65. The van der Waals surface area contributed by atoms with Gasteiger partial charge in [-0.3, -0.25) is 0 Å². The number of nitrogens with zero attached hydrogens (tertiary/aromatic N) is 2. The molecule has 0 spiro atoms. The fourth-order valence-electron chi connectivity index (χ4n) is 1.60. The van der Waals surface area contributed by atoms with Crippen molar-refractivity contribution in [3.8, 4) is 0 Å². The van der Waals surface area contributed by atoms with Crippen LogP contribution in [-0.2, 0) is 19.1 Å². The van der Waals surface area contributed by atoms with Gasteiger partial charge in [-0.1, -0.05) is 24.3 Å². The number of hydrogen-bond donors (Lipinski definition) is 0. The minimum atomic E-state index is -1.37. The third-order valence-corrected chi connectivity index (χ3v) is 2.60. The molecule has 1 rings (SSSR count). The molecule has 8 nitrogen and oxygen atoms in total. The van der Waals surface area contributed by atoms with E-state index in [0.717, 1.165) is 14.2 Å². The third kappa shape index (κ3) is 3.22. The van der Waals surface area contributed by atoms with E-state index in [1.807, 2.05) is 0 Å². The lowest BCUT2D eigenvalue weighted by molar-refractivity contribution is -0.143. The molecule has 0 radical (unpaired) electrons. The number of carbonyl (C=O) groups is 2. The van der Waals surface area contributed by atoms with Crippen LogP contribution in [0.25, 0.3) is 0 Å². The maximum atomic E-state index is 11.4. The zero-order chi connectivity index (χ0) is 15.1. The van der Waals surface area contributed by atoms with Crippen molar-refractivity contribution in [2.45, 2.75) is 12.1 Å². The number of hydrogen-bond acceptors (Lipinski definition) is 8. The minimum absolute atomic E-state index is 0.196. The summed E-state index contributed by atoms with van der Waals surface area (Å²) in [6.07, 6.45) is 0. The molecule has 0 heterocycles. The molecule has 0 N–H and O–H groups in total. The smallest absolute Gasteiger partial charge is 0.338 e. The second-order valence-electron chi connectivity index (χ2n) is 3.73. The molecule has 2 atom stereocenters. The number of carbonyl (C=O) groups excluding carboxylic acids is 2. The maximum absolute atomic E-state index is 11.4. The fourth-order valence-corrected chi connectivity index (χ4v) is 1.60. The molecule has 0 bridgehead atoms. The first kappa shape index (κ1) is 15.4. The Kier molecular flexibility index (Phi) is 5.45. The first-order valence-corrected chi connectivity index (χ1v) is 5.49. The Morgan fingerprint density at radius 1 is 0.950 bits per heavy atom. The van der Waals surface area contributed by atoms with Crippen molar-refractivity contribution in [2.75, 3.05) is 14.2 Å². The summed E-state index contributed by atoms with van der Waals surface area (Å²) in [6, 6.07) is 2.94. The first-order chi connectivity index (χ1) is 9.58. The van der Waals surface area contributed by atoms with Crippen LogP contribution in [0.3, 0.4) is 0 Å². The topological polar surface area (TPSA) is 111 Å². The van der Waals surface area contributed by atoms with Crippen LogP contribution in [0, 0.1) is 9.81 Å². The highest BCUT2D eigenvalue weighted by atomic mass is 16.5. The Balaban J connectivity index is 3.17. The van der Waals surface area contributed by atoms with Crippen molar-refractivity contribution in [1.82, 2.24) is 0 Å². The van der Waals surface area contributed by atoms with E-state index in [1.54, 1.807) is 0 Å². The van der Waals surface area contributed by atoms with Crippen molar-refractivity contribution >= 4 is 11.9 Å². The van der Waals surface area contributed by atoms with Crippen LogP contribution in [0.4, 0.5) is 0 Å². The van der Waals surface area contributed by atoms with Crippen LogP contribution in [-0.4, -0.2) is 26.2 Å². The van der Waals surface area contributed by atoms with Crippen LogP contribution in [0.5, 0.6) is 0 Å². The Hall–Kier alpha value is -2.64. The standard InChI is InChI=1S/C12H12N2O6/c1-19-11(15)9(13-17)7-4-3-5-8(6-7)10(14-18)12(16)20-2/h3-6,9-10H,1-2H3. The summed E-state index contributed by atoms with van der Waals surface area (Å²) >= 11 is 0. The average Bonchev–Trinajstić information content (AvgIpc) is 2.48. The summed E-state index contributed by atoms with van der Waals surface area (Å²) in [5.41, 5.74) is 0.392. The van der Waals surface area contributed by atoms with Gasteiger partial charge in [-0.15, -0.1) is 9.81 Å². The van der Waals surface area contributed by atoms with Crippen molar-refractivity contribution < 1.29 is 19.1 Å². The van der Waals surface area contributed by atoms with Crippen LogP contribution in [0.15, 0.2) is 34.6 Å². The number of nitroso groups, excluding NO2 is 2. The SMILES string of the molecule is COC(=O)C(N=O)c1cccc(C(N=O)C(=O)OC)c1. The number of benzene rings is 1. The molecule has 0 saturated heterocycles. The molecule has 0 fully saturated rings. The van der Waals surface area contributed by atoms with Gasteiger partial charge >= 0.3 is 11.9 Å². The molecule has 20 heavy (non-hydrogen) atoms. The van der Waals surface area contributed by atoms with E-state index in [4.69, 9.17) is 0 Å². The molecule has 2 unspecified atom stereocenters. The van der Waals surface area contributed by atoms with E-state index < -0.39 is 24.0 Å². The third-order valence-electron chi connectivity index (χ3n) is 2.60. The molecule has 0 saturated carbocycles. The molecule has 0 aliphatic carbocycles. The zero-order valence-electron chi connectivity index (χ0n) is 10.8. The summed E-state index contributed by atoms with van der Waals surface area (Å²) in [6.45, 7) is 0. The zero-order valence-corrected chi connectivity index (χ0v) is 10.8. The highest BCUT2D eigenvalue weighted by molar-refractivity contribution is 5.79. The van der Waals surface area contributed by atoms with Gasteiger partial charge in [0.2, 0.25) is 12.1 Å². The lowest BCUT2D eigenvalue weighted by Gasteiger charge is -2.11. The minimum Gasteiger partial charge on any atom is -0.467 e. The first-order valence-electron chi connectivity index (χ1n) is 5.49. The van der Waals surface area contributed by atoms with Gasteiger partial charge in [0.25, 0.3) is 0 Å². The van der Waals surface area contributed by atoms with Gasteiger partial charge in [0.15, 0.2) is 0 Å². The molecular formula is C12H12N2O6. The second-order valence-corrected chi connectivity index (χ2v) is 3.73. The lowest BCUT2D eigenvalue weighted by atomic mass is 10.0. The molecule has 106 valence electrons. The normalized spacial score (nSPS) is 12.9. The van der Waals surface area contributed by atoms with E-state index in [2.05, 4.69) is 19.8 Å². The Bertz CT molecular complexity index is 487. The van der Waals surface area contributed by atoms with E-state index in [1.165, 1.54) is 24.3 Å². The highest BCUT2D eigenvalue weighted by Crippen LogP contribution is 2.25. The van der Waals surface area contributed by atoms with Crippen LogP contribution < -0.4 is 0 Å². The van der Waals surface area contributed by atoms with E-state index in [-0.39, 0.29) is 11.1 Å². The van der Waals surface area contributed by atoms with Gasteiger partial charge in [0.05, 0.1) is 14.2 Å². The molecule has 0 aliphatic heterocycles. The monoisotopic (exact) mass is 280 g/mol. The molecular weight excluding hydrogens is 268 g/mol. The van der Waals surface area contributed by atoms with Gasteiger partial charge in [-0.2, -0.15) is 0 Å². The fraction of sp³-hybridized carbons (Fsp3) is 0.333. The van der Waals surface area contributed by atoms with Gasteiger partial charge in [0.1, 0.15) is 0 Å². The number of esters is 2. The Morgan fingerprint density at radius 3 is 1.65 bits per heavy atom. The Labute approximate surface area is 114 Å². The van der Waals surface area contributed by atoms with Crippen molar-refractivity contribution in [3.63, 3.8) is 0 Å². The van der Waals surface area contributed by atoms with Crippen molar-refractivity contribution in [3.05, 3.63) is 45.2 Å². The summed E-state index contributed by atoms with van der Waals surface area (Å²) in [5.74, 6) is -1.68. The molecule has 0 aromatic heterocycles. The van der Waals surface area contributed by atoms with Crippen LogP contribution in [0.1, 0.15) is 23.2 Å². The lowest BCUT2D eigenvalue weighted by Crippen LogP contribution is -2.14. The molecule has 1 aromatic rings. The van der Waals surface area contributed by atoms with Gasteiger partial charge in [-0.05, 0) is 21.5 Å². The Morgan fingerprint density at radius 2 is 1.35 bits per heavy atom. The summed E-state index contributed by atoms with van der Waals surface area (Å²) in [5, 5.41) is 5.34. The van der Waals surface area contributed by atoms with E-state index >= 15 is 0 Å². The highest BCUT2D eigenvalue weighted by Gasteiger charge is 2.26. The quantitative estimate of drug-likeness (QED) is 0.578. The van der Waals surface area contributed by atoms with Gasteiger partial charge in [-0.25, -0.2) is 9.59 Å². The number of ether oxygens (including phenoxy) is 2. The number of rotatable bonds is 6.